The zero-order chi connectivity index (χ0) is 11.7. The molecule has 94 valence electrons. The van der Waals surface area contributed by atoms with E-state index in [1.165, 1.54) is 16.5 Å². The lowest BCUT2D eigenvalue weighted by Crippen LogP contribution is -2.18. The van der Waals surface area contributed by atoms with E-state index in [1.54, 1.807) is 6.26 Å². The Kier molecular flexibility index (Phi) is 4.61. The number of hydrogen-bond donors (Lipinski definition) is 1. The first-order valence-electron chi connectivity index (χ1n) is 5.83. The summed E-state index contributed by atoms with van der Waals surface area (Å²) in [5.41, 5.74) is 9.43. The van der Waals surface area contributed by atoms with Gasteiger partial charge in [-0.3, -0.25) is 0 Å². The summed E-state index contributed by atoms with van der Waals surface area (Å²) in [6.45, 7) is 6.44. The van der Waals surface area contributed by atoms with Crippen molar-refractivity contribution in [2.45, 2.75) is 39.2 Å². The van der Waals surface area contributed by atoms with Crippen LogP contribution in [-0.2, 0) is 6.42 Å². The van der Waals surface area contributed by atoms with E-state index in [-0.39, 0.29) is 18.4 Å². The van der Waals surface area contributed by atoms with Gasteiger partial charge in [0, 0.05) is 11.4 Å². The summed E-state index contributed by atoms with van der Waals surface area (Å²) in [6, 6.07) is 6.61. The predicted molar refractivity (Wildman–Crippen MR) is 74.9 cm³/mol. The standard InChI is InChI=1S/C14H19NO.ClH/c1-9(2)12-7-11-4-5-16-14(11)13(8-12)6-10(3)15;/h4-5,7-10H,6,15H2,1-3H3;1H. The molecule has 1 heterocycles. The van der Waals surface area contributed by atoms with Gasteiger partial charge in [0.05, 0.1) is 6.26 Å². The molecule has 0 radical (unpaired) electrons. The van der Waals surface area contributed by atoms with Crippen molar-refractivity contribution < 1.29 is 4.42 Å². The Morgan fingerprint density at radius 1 is 1.24 bits per heavy atom. The fourth-order valence-corrected chi connectivity index (χ4v) is 2.01. The number of furan rings is 1. The lowest BCUT2D eigenvalue weighted by molar-refractivity contribution is 0.606. The van der Waals surface area contributed by atoms with Crippen molar-refractivity contribution in [1.29, 1.82) is 0 Å². The third kappa shape index (κ3) is 3.02. The summed E-state index contributed by atoms with van der Waals surface area (Å²) in [6.07, 6.45) is 2.62. The summed E-state index contributed by atoms with van der Waals surface area (Å²) in [5.74, 6) is 0.533. The van der Waals surface area contributed by atoms with Crippen LogP contribution < -0.4 is 5.73 Å². The minimum absolute atomic E-state index is 0. The van der Waals surface area contributed by atoms with Crippen LogP contribution in [0.2, 0.25) is 0 Å². The normalized spacial score (nSPS) is 12.8. The van der Waals surface area contributed by atoms with Crippen LogP contribution in [0.5, 0.6) is 0 Å². The highest BCUT2D eigenvalue weighted by Gasteiger charge is 2.10. The summed E-state index contributed by atoms with van der Waals surface area (Å²) >= 11 is 0. The van der Waals surface area contributed by atoms with Crippen molar-refractivity contribution in [2.75, 3.05) is 0 Å². The number of rotatable bonds is 3. The maximum absolute atomic E-state index is 5.87. The van der Waals surface area contributed by atoms with Crippen LogP contribution in [0.4, 0.5) is 0 Å². The number of fused-ring (bicyclic) bond motifs is 1. The van der Waals surface area contributed by atoms with Crippen LogP contribution in [0.15, 0.2) is 28.9 Å². The van der Waals surface area contributed by atoms with Gasteiger partial charge in [0.2, 0.25) is 0 Å². The molecule has 1 aromatic heterocycles. The molecule has 1 aromatic carbocycles. The van der Waals surface area contributed by atoms with Crippen LogP contribution in [0, 0.1) is 0 Å². The fraction of sp³-hybridized carbons (Fsp3) is 0.429. The lowest BCUT2D eigenvalue weighted by atomic mass is 9.96. The average molecular weight is 254 g/mol. The van der Waals surface area contributed by atoms with Crippen molar-refractivity contribution in [3.8, 4) is 0 Å². The van der Waals surface area contributed by atoms with Crippen molar-refractivity contribution >= 4 is 23.4 Å². The molecule has 0 amide bonds. The molecule has 0 saturated heterocycles. The molecule has 17 heavy (non-hydrogen) atoms. The first-order chi connectivity index (χ1) is 7.58. The molecule has 0 fully saturated rings. The Morgan fingerprint density at radius 2 is 1.94 bits per heavy atom. The van der Waals surface area contributed by atoms with Crippen molar-refractivity contribution in [3.05, 3.63) is 35.6 Å². The first kappa shape index (κ1) is 14.1. The number of hydrogen-bond acceptors (Lipinski definition) is 2. The fourth-order valence-electron chi connectivity index (χ4n) is 2.01. The van der Waals surface area contributed by atoms with Gasteiger partial charge in [-0.15, -0.1) is 12.4 Å². The second kappa shape index (κ2) is 5.56. The van der Waals surface area contributed by atoms with Crippen LogP contribution >= 0.6 is 12.4 Å². The minimum atomic E-state index is 0. The molecule has 1 unspecified atom stereocenters. The SMILES string of the molecule is CC(N)Cc1cc(C(C)C)cc2ccoc12.Cl. The number of nitrogens with two attached hydrogens (primary N) is 1. The van der Waals surface area contributed by atoms with E-state index < -0.39 is 0 Å². The van der Waals surface area contributed by atoms with Crippen molar-refractivity contribution in [1.82, 2.24) is 0 Å². The van der Waals surface area contributed by atoms with Crippen molar-refractivity contribution in [3.63, 3.8) is 0 Å². The molecule has 0 aliphatic rings. The molecule has 1 atom stereocenters. The first-order valence-corrected chi connectivity index (χ1v) is 5.83. The molecule has 0 spiro atoms. The van der Waals surface area contributed by atoms with Gasteiger partial charge < -0.3 is 10.2 Å². The Bertz CT molecular complexity index is 488. The third-order valence-electron chi connectivity index (χ3n) is 2.86. The van der Waals surface area contributed by atoms with Crippen LogP contribution in [0.1, 0.15) is 37.8 Å². The van der Waals surface area contributed by atoms with E-state index in [4.69, 9.17) is 10.2 Å². The zero-order valence-corrected chi connectivity index (χ0v) is 11.4. The maximum atomic E-state index is 5.87. The van der Waals surface area contributed by atoms with Gasteiger partial charge in [-0.2, -0.15) is 0 Å². The molecule has 3 heteroatoms. The quantitative estimate of drug-likeness (QED) is 0.902. The van der Waals surface area contributed by atoms with Gasteiger partial charge in [-0.05, 0) is 42.5 Å². The second-order valence-corrected chi connectivity index (χ2v) is 4.86. The monoisotopic (exact) mass is 253 g/mol. The van der Waals surface area contributed by atoms with E-state index >= 15 is 0 Å². The average Bonchev–Trinajstić information content (AvgIpc) is 2.64. The predicted octanol–water partition coefficient (Wildman–Crippen LogP) is 3.87. The topological polar surface area (TPSA) is 39.2 Å². The summed E-state index contributed by atoms with van der Waals surface area (Å²) in [4.78, 5) is 0. The van der Waals surface area contributed by atoms with E-state index in [0.717, 1.165) is 12.0 Å². The van der Waals surface area contributed by atoms with Crippen LogP contribution in [-0.4, -0.2) is 6.04 Å². The molecular formula is C14H20ClNO. The number of halogens is 1. The van der Waals surface area contributed by atoms with Crippen LogP contribution in [0.25, 0.3) is 11.0 Å². The molecule has 2 N–H and O–H groups in total. The summed E-state index contributed by atoms with van der Waals surface area (Å²) in [5, 5.41) is 1.18. The van der Waals surface area contributed by atoms with Crippen LogP contribution in [0.3, 0.4) is 0 Å². The molecule has 2 rings (SSSR count). The second-order valence-electron chi connectivity index (χ2n) is 4.86. The number of benzene rings is 1. The van der Waals surface area contributed by atoms with Gasteiger partial charge in [-0.1, -0.05) is 19.9 Å². The molecule has 0 bridgehead atoms. The summed E-state index contributed by atoms with van der Waals surface area (Å²) in [7, 11) is 0. The van der Waals surface area contributed by atoms with Crippen molar-refractivity contribution in [2.24, 2.45) is 5.73 Å². The molecule has 0 aliphatic heterocycles. The largest absolute Gasteiger partial charge is 0.464 e. The van der Waals surface area contributed by atoms with E-state index in [2.05, 4.69) is 26.0 Å². The molecular weight excluding hydrogens is 234 g/mol. The van der Waals surface area contributed by atoms with E-state index in [1.807, 2.05) is 13.0 Å². The molecule has 0 aliphatic carbocycles. The maximum Gasteiger partial charge on any atom is 0.137 e. The Morgan fingerprint density at radius 3 is 2.53 bits per heavy atom. The summed E-state index contributed by atoms with van der Waals surface area (Å²) < 4.78 is 5.53. The Balaban J connectivity index is 0.00000144. The van der Waals surface area contributed by atoms with Gasteiger partial charge in [-0.25, -0.2) is 0 Å². The zero-order valence-electron chi connectivity index (χ0n) is 10.6. The highest BCUT2D eigenvalue weighted by Crippen LogP contribution is 2.26. The molecule has 2 nitrogen and oxygen atoms in total. The highest BCUT2D eigenvalue weighted by molar-refractivity contribution is 5.85. The minimum Gasteiger partial charge on any atom is -0.464 e. The lowest BCUT2D eigenvalue weighted by Gasteiger charge is -2.11. The third-order valence-corrected chi connectivity index (χ3v) is 2.86. The van der Waals surface area contributed by atoms with E-state index in [0.29, 0.717) is 5.92 Å². The Labute approximate surface area is 109 Å². The van der Waals surface area contributed by atoms with Gasteiger partial charge >= 0.3 is 0 Å². The van der Waals surface area contributed by atoms with Gasteiger partial charge in [0.1, 0.15) is 5.58 Å². The highest BCUT2D eigenvalue weighted by atomic mass is 35.5. The van der Waals surface area contributed by atoms with E-state index in [9.17, 15) is 0 Å². The smallest absolute Gasteiger partial charge is 0.137 e. The van der Waals surface area contributed by atoms with Gasteiger partial charge in [0.25, 0.3) is 0 Å². The molecule has 0 saturated carbocycles. The van der Waals surface area contributed by atoms with Gasteiger partial charge in [0.15, 0.2) is 0 Å². The molecule has 2 aromatic rings. The Hall–Kier alpha value is -0.990.